The minimum Gasteiger partial charge on any atom is -0.383 e. The Kier molecular flexibility index (Phi) is 7.36. The molecule has 0 aliphatic carbocycles. The van der Waals surface area contributed by atoms with E-state index in [1.807, 2.05) is 61.7 Å². The number of methoxy groups -OCH3 is 1. The first kappa shape index (κ1) is 22.9. The molecule has 1 fully saturated rings. The molecule has 2 unspecified atom stereocenters. The normalized spacial score (nSPS) is 17.8. The first-order valence-electron chi connectivity index (χ1n) is 11.1. The number of nitrogens with zero attached hydrogens (tertiary/aromatic N) is 3. The van der Waals surface area contributed by atoms with E-state index in [1.165, 1.54) is 0 Å². The van der Waals surface area contributed by atoms with Crippen LogP contribution in [-0.2, 0) is 16.1 Å². The number of carbonyl (C=O) groups is 1. The van der Waals surface area contributed by atoms with Crippen LogP contribution in [0.15, 0.2) is 67.0 Å². The predicted molar refractivity (Wildman–Crippen MR) is 133 cm³/mol. The third-order valence-corrected chi connectivity index (χ3v) is 6.14. The Balaban J connectivity index is 1.55. The van der Waals surface area contributed by atoms with Crippen LogP contribution >= 0.6 is 12.2 Å². The molecule has 2 atom stereocenters. The Morgan fingerprint density at radius 1 is 1.18 bits per heavy atom. The van der Waals surface area contributed by atoms with Crippen LogP contribution in [0.2, 0.25) is 0 Å². The van der Waals surface area contributed by atoms with Crippen molar-refractivity contribution in [3.63, 3.8) is 0 Å². The van der Waals surface area contributed by atoms with Crippen molar-refractivity contribution in [2.45, 2.75) is 32.0 Å². The molecule has 33 heavy (non-hydrogen) atoms. The molecule has 1 aliphatic heterocycles. The molecule has 2 N–H and O–H groups in total. The zero-order chi connectivity index (χ0) is 23.2. The van der Waals surface area contributed by atoms with Gasteiger partial charge in [0.25, 0.3) is 0 Å². The summed E-state index contributed by atoms with van der Waals surface area (Å²) in [6.45, 7) is 3.84. The maximum atomic E-state index is 12.7. The first-order chi connectivity index (χ1) is 16.1. The topological polar surface area (TPSA) is 71.4 Å². The monoisotopic (exact) mass is 463 g/mol. The Hall–Kier alpha value is -3.23. The van der Waals surface area contributed by atoms with Crippen LogP contribution in [0.4, 0.5) is 5.69 Å². The van der Waals surface area contributed by atoms with Crippen molar-refractivity contribution in [2.24, 2.45) is 0 Å². The highest BCUT2D eigenvalue weighted by Gasteiger charge is 2.41. The van der Waals surface area contributed by atoms with Gasteiger partial charge in [0.2, 0.25) is 5.91 Å². The molecule has 1 amide bonds. The van der Waals surface area contributed by atoms with Crippen molar-refractivity contribution >= 4 is 28.9 Å². The van der Waals surface area contributed by atoms with Crippen LogP contribution in [0, 0.1) is 6.92 Å². The molecule has 0 saturated carbocycles. The number of aromatic nitrogens is 2. The molecule has 172 valence electrons. The van der Waals surface area contributed by atoms with Crippen LogP contribution < -0.4 is 10.6 Å². The zero-order valence-electron chi connectivity index (χ0n) is 18.9. The smallest absolute Gasteiger partial charge is 0.226 e. The summed E-state index contributed by atoms with van der Waals surface area (Å²) in [5.74, 6) is -0.0433. The van der Waals surface area contributed by atoms with Gasteiger partial charge in [-0.3, -0.25) is 9.78 Å². The van der Waals surface area contributed by atoms with Crippen LogP contribution in [0.3, 0.4) is 0 Å². The number of nitrogens with one attached hydrogen (secondary N) is 2. The molecule has 1 aromatic carbocycles. The maximum Gasteiger partial charge on any atom is 0.226 e. The molecule has 8 heteroatoms. The molecule has 0 spiro atoms. The van der Waals surface area contributed by atoms with E-state index < -0.39 is 0 Å². The summed E-state index contributed by atoms with van der Waals surface area (Å²) in [4.78, 5) is 19.4. The van der Waals surface area contributed by atoms with Gasteiger partial charge >= 0.3 is 0 Å². The standard InChI is InChI=1S/C25H29N5O2S/c1-18-7-5-8-19(17-18)27-22(31)11-14-30-24(21-10-6-13-29(21)15-16-32-2)23(28-25(30)33)20-9-3-4-12-26-20/h3-10,12-13,17,23-24H,11,14-16H2,1-2H3,(H,27,31)(H,28,33). The number of anilines is 1. The summed E-state index contributed by atoms with van der Waals surface area (Å²) in [6, 6.07) is 17.6. The molecule has 2 aromatic heterocycles. The van der Waals surface area contributed by atoms with Crippen LogP contribution in [-0.4, -0.2) is 45.7 Å². The number of hydrogen-bond donors (Lipinski definition) is 2. The lowest BCUT2D eigenvalue weighted by Gasteiger charge is -2.28. The summed E-state index contributed by atoms with van der Waals surface area (Å²) in [5, 5.41) is 7.05. The highest BCUT2D eigenvalue weighted by Crippen LogP contribution is 2.38. The number of ether oxygens (including phenoxy) is 1. The second-order valence-electron chi connectivity index (χ2n) is 8.11. The number of carbonyl (C=O) groups excluding carboxylic acids is 1. The minimum absolute atomic E-state index is 0.0433. The Labute approximate surface area is 199 Å². The van der Waals surface area contributed by atoms with Gasteiger partial charge < -0.3 is 24.8 Å². The lowest BCUT2D eigenvalue weighted by Crippen LogP contribution is -2.33. The molecular weight excluding hydrogens is 434 g/mol. The van der Waals surface area contributed by atoms with E-state index in [0.29, 0.717) is 24.7 Å². The summed E-state index contributed by atoms with van der Waals surface area (Å²) in [7, 11) is 1.70. The summed E-state index contributed by atoms with van der Waals surface area (Å²) in [5.41, 5.74) is 3.93. The molecule has 1 aliphatic rings. The van der Waals surface area contributed by atoms with Crippen LogP contribution in [0.5, 0.6) is 0 Å². The zero-order valence-corrected chi connectivity index (χ0v) is 19.7. The van der Waals surface area contributed by atoms with E-state index in [-0.39, 0.29) is 18.0 Å². The van der Waals surface area contributed by atoms with E-state index in [9.17, 15) is 4.79 Å². The molecule has 1 saturated heterocycles. The highest BCUT2D eigenvalue weighted by molar-refractivity contribution is 7.80. The van der Waals surface area contributed by atoms with Crippen molar-refractivity contribution < 1.29 is 9.53 Å². The number of rotatable bonds is 9. The average molecular weight is 464 g/mol. The van der Waals surface area contributed by atoms with Crippen LogP contribution in [0.1, 0.15) is 35.5 Å². The number of benzene rings is 1. The van der Waals surface area contributed by atoms with Gasteiger partial charge in [-0.25, -0.2) is 0 Å². The second-order valence-corrected chi connectivity index (χ2v) is 8.49. The molecule has 7 nitrogen and oxygen atoms in total. The fraction of sp³-hybridized carbons (Fsp3) is 0.320. The molecule has 0 radical (unpaired) electrons. The largest absolute Gasteiger partial charge is 0.383 e. The Morgan fingerprint density at radius 3 is 2.82 bits per heavy atom. The summed E-state index contributed by atoms with van der Waals surface area (Å²) in [6.07, 6.45) is 4.16. The Morgan fingerprint density at radius 2 is 2.06 bits per heavy atom. The van der Waals surface area contributed by atoms with Crippen molar-refractivity contribution in [2.75, 3.05) is 25.6 Å². The van der Waals surface area contributed by atoms with Gasteiger partial charge in [0.1, 0.15) is 0 Å². The van der Waals surface area contributed by atoms with E-state index >= 15 is 0 Å². The van der Waals surface area contributed by atoms with Crippen molar-refractivity contribution in [1.29, 1.82) is 0 Å². The quantitative estimate of drug-likeness (QED) is 0.470. The van der Waals surface area contributed by atoms with E-state index in [1.54, 1.807) is 13.3 Å². The minimum atomic E-state index is -0.116. The summed E-state index contributed by atoms with van der Waals surface area (Å²) < 4.78 is 7.48. The maximum absolute atomic E-state index is 12.7. The fourth-order valence-corrected chi connectivity index (χ4v) is 4.56. The van der Waals surface area contributed by atoms with Gasteiger partial charge in [-0.15, -0.1) is 0 Å². The van der Waals surface area contributed by atoms with Crippen molar-refractivity contribution in [1.82, 2.24) is 19.8 Å². The lowest BCUT2D eigenvalue weighted by molar-refractivity contribution is -0.116. The van der Waals surface area contributed by atoms with Gasteiger partial charge in [-0.2, -0.15) is 0 Å². The number of aryl methyl sites for hydroxylation is 1. The second kappa shape index (κ2) is 10.6. The number of hydrogen-bond acceptors (Lipinski definition) is 4. The molecule has 4 rings (SSSR count). The SMILES string of the molecule is COCCn1cccc1C1C(c2ccccn2)NC(=S)N1CCC(=O)Nc1cccc(C)c1. The van der Waals surface area contributed by atoms with Crippen molar-refractivity contribution in [3.8, 4) is 0 Å². The third-order valence-electron chi connectivity index (χ3n) is 5.78. The van der Waals surface area contributed by atoms with Crippen LogP contribution in [0.25, 0.3) is 0 Å². The third kappa shape index (κ3) is 5.40. The molecule has 3 aromatic rings. The molecule has 3 heterocycles. The van der Waals surface area contributed by atoms with Gasteiger partial charge in [0.15, 0.2) is 5.11 Å². The number of thiocarbonyl (C=S) groups is 1. The van der Waals surface area contributed by atoms with E-state index in [4.69, 9.17) is 17.0 Å². The molecular formula is C25H29N5O2S. The first-order valence-corrected chi connectivity index (χ1v) is 11.5. The highest BCUT2D eigenvalue weighted by atomic mass is 32.1. The van der Waals surface area contributed by atoms with E-state index in [0.717, 1.165) is 29.2 Å². The van der Waals surface area contributed by atoms with Gasteiger partial charge in [0, 0.05) is 50.4 Å². The van der Waals surface area contributed by atoms with Gasteiger partial charge in [0.05, 0.1) is 24.4 Å². The van der Waals surface area contributed by atoms with Crippen molar-refractivity contribution in [3.05, 3.63) is 83.9 Å². The van der Waals surface area contributed by atoms with E-state index in [2.05, 4.69) is 31.2 Å². The fourth-order valence-electron chi connectivity index (χ4n) is 4.23. The van der Waals surface area contributed by atoms with Gasteiger partial charge in [-0.1, -0.05) is 18.2 Å². The number of amides is 1. The summed E-state index contributed by atoms with van der Waals surface area (Å²) >= 11 is 5.72. The lowest BCUT2D eigenvalue weighted by atomic mass is 10.0. The predicted octanol–water partition coefficient (Wildman–Crippen LogP) is 3.84. The average Bonchev–Trinajstić information content (AvgIpc) is 3.40. The number of pyridine rings is 1. The van der Waals surface area contributed by atoms with Gasteiger partial charge in [-0.05, 0) is 61.1 Å². The Bertz CT molecular complexity index is 1100. The molecule has 0 bridgehead atoms.